The zero-order valence-corrected chi connectivity index (χ0v) is 13.4. The highest BCUT2D eigenvalue weighted by molar-refractivity contribution is 14.2. The van der Waals surface area contributed by atoms with Crippen LogP contribution in [0.2, 0.25) is 10.0 Å². The lowest BCUT2D eigenvalue weighted by atomic mass is 9.95. The standard InChI is InChI=1S/C12H5BCl2INS/c13-6-1-2-7-8-4-9(14)10(15)5-12(8)17(18-16)11(7)3-6/h1-5H. The highest BCUT2D eigenvalue weighted by Gasteiger charge is 2.12. The zero-order chi connectivity index (χ0) is 12.9. The van der Waals surface area contributed by atoms with E-state index in [0.717, 1.165) is 27.3 Å². The molecule has 1 nitrogen and oxygen atoms in total. The van der Waals surface area contributed by atoms with E-state index < -0.39 is 0 Å². The lowest BCUT2D eigenvalue weighted by Crippen LogP contribution is -2.00. The van der Waals surface area contributed by atoms with Gasteiger partial charge in [-0.1, -0.05) is 40.8 Å². The van der Waals surface area contributed by atoms with Crippen molar-refractivity contribution in [2.75, 3.05) is 0 Å². The molecule has 0 aliphatic rings. The van der Waals surface area contributed by atoms with Gasteiger partial charge in [-0.15, -0.1) is 0 Å². The Hall–Kier alpha value is -0.0351. The molecular weight excluding hydrogens is 399 g/mol. The molecule has 18 heavy (non-hydrogen) atoms. The van der Waals surface area contributed by atoms with E-state index in [-0.39, 0.29) is 0 Å². The summed E-state index contributed by atoms with van der Waals surface area (Å²) < 4.78 is 2.10. The molecule has 3 rings (SSSR count). The molecule has 0 saturated heterocycles. The number of fused-ring (bicyclic) bond motifs is 3. The Bertz CT molecular complexity index is 772. The van der Waals surface area contributed by atoms with Crippen molar-refractivity contribution in [1.82, 2.24) is 3.97 Å². The zero-order valence-electron chi connectivity index (χ0n) is 8.95. The Labute approximate surface area is 132 Å². The summed E-state index contributed by atoms with van der Waals surface area (Å²) in [5.74, 6) is 0. The van der Waals surface area contributed by atoms with Crippen molar-refractivity contribution in [3.8, 4) is 0 Å². The second kappa shape index (κ2) is 4.82. The van der Waals surface area contributed by atoms with E-state index in [2.05, 4.69) is 25.2 Å². The fraction of sp³-hybridized carbons (Fsp3) is 0. The maximum absolute atomic E-state index is 6.10. The average molecular weight is 404 g/mol. The van der Waals surface area contributed by atoms with Crippen molar-refractivity contribution in [2.45, 2.75) is 0 Å². The highest BCUT2D eigenvalue weighted by atomic mass is 127. The van der Waals surface area contributed by atoms with Gasteiger partial charge in [0, 0.05) is 41.1 Å². The lowest BCUT2D eigenvalue weighted by molar-refractivity contribution is 1.44. The van der Waals surface area contributed by atoms with E-state index in [9.17, 15) is 0 Å². The van der Waals surface area contributed by atoms with E-state index in [1.165, 1.54) is 0 Å². The van der Waals surface area contributed by atoms with Gasteiger partial charge in [-0.25, -0.2) is 0 Å². The van der Waals surface area contributed by atoms with Crippen molar-refractivity contribution >= 4 is 88.6 Å². The molecular formula is C12H5BCl2INS. The molecule has 0 aliphatic heterocycles. The second-order valence-corrected chi connectivity index (χ2v) is 6.42. The van der Waals surface area contributed by atoms with E-state index in [1.807, 2.05) is 30.3 Å². The first kappa shape index (κ1) is 13.0. The quantitative estimate of drug-likeness (QED) is 0.419. The van der Waals surface area contributed by atoms with Crippen LogP contribution in [0.15, 0.2) is 30.3 Å². The normalized spacial score (nSPS) is 11.5. The van der Waals surface area contributed by atoms with Gasteiger partial charge in [0.25, 0.3) is 0 Å². The minimum Gasteiger partial charge on any atom is -0.275 e. The van der Waals surface area contributed by atoms with Crippen LogP contribution in [0.1, 0.15) is 0 Å². The molecule has 2 aromatic carbocycles. The summed E-state index contributed by atoms with van der Waals surface area (Å²) in [6.07, 6.45) is 0. The predicted octanol–water partition coefficient (Wildman–Crippen LogP) is 4.74. The molecule has 0 aliphatic carbocycles. The molecule has 1 aromatic heterocycles. The molecule has 88 valence electrons. The predicted molar refractivity (Wildman–Crippen MR) is 91.9 cm³/mol. The summed E-state index contributed by atoms with van der Waals surface area (Å²) in [6, 6.07) is 9.66. The van der Waals surface area contributed by atoms with E-state index >= 15 is 0 Å². The van der Waals surface area contributed by atoms with Crippen LogP contribution in [-0.2, 0) is 0 Å². The number of hydrogen-bond donors (Lipinski definition) is 0. The molecule has 3 aromatic rings. The van der Waals surface area contributed by atoms with Gasteiger partial charge in [-0.3, -0.25) is 3.97 Å². The van der Waals surface area contributed by atoms with Gasteiger partial charge in [0.05, 0.1) is 21.1 Å². The van der Waals surface area contributed by atoms with Crippen molar-refractivity contribution in [1.29, 1.82) is 0 Å². The number of halogens is 3. The smallest absolute Gasteiger partial charge is 0.113 e. The fourth-order valence-electron chi connectivity index (χ4n) is 2.07. The summed E-state index contributed by atoms with van der Waals surface area (Å²) in [5.41, 5.74) is 2.86. The summed E-state index contributed by atoms with van der Waals surface area (Å²) in [6.45, 7) is 0. The fourth-order valence-corrected chi connectivity index (χ4v) is 4.11. The summed E-state index contributed by atoms with van der Waals surface area (Å²) in [4.78, 5) is 0. The lowest BCUT2D eigenvalue weighted by Gasteiger charge is -2.01. The molecule has 6 heteroatoms. The Kier molecular flexibility index (Phi) is 3.47. The SMILES string of the molecule is [B]c1ccc2c3cc(Cl)c(Cl)cc3n(SI)c2c1. The molecule has 0 spiro atoms. The van der Waals surface area contributed by atoms with Crippen LogP contribution in [-0.4, -0.2) is 11.8 Å². The van der Waals surface area contributed by atoms with Gasteiger partial charge in [0.2, 0.25) is 0 Å². The molecule has 0 saturated carbocycles. The van der Waals surface area contributed by atoms with Gasteiger partial charge in [0.1, 0.15) is 7.85 Å². The van der Waals surface area contributed by atoms with Gasteiger partial charge in [-0.05, 0) is 18.2 Å². The monoisotopic (exact) mass is 403 g/mol. The molecule has 0 unspecified atom stereocenters. The number of hydrogen-bond acceptors (Lipinski definition) is 1. The molecule has 0 bridgehead atoms. The van der Waals surface area contributed by atoms with E-state index in [1.54, 1.807) is 9.12 Å². The number of rotatable bonds is 1. The number of nitrogens with zero attached hydrogens (tertiary/aromatic N) is 1. The summed E-state index contributed by atoms with van der Waals surface area (Å²) >= 11 is 14.4. The van der Waals surface area contributed by atoms with Crippen molar-refractivity contribution < 1.29 is 0 Å². The van der Waals surface area contributed by atoms with Crippen LogP contribution < -0.4 is 5.46 Å². The van der Waals surface area contributed by atoms with Crippen LogP contribution in [0.5, 0.6) is 0 Å². The van der Waals surface area contributed by atoms with Crippen LogP contribution in [0.25, 0.3) is 21.8 Å². The van der Waals surface area contributed by atoms with Crippen LogP contribution in [0.3, 0.4) is 0 Å². The van der Waals surface area contributed by atoms with Crippen molar-refractivity contribution in [3.63, 3.8) is 0 Å². The van der Waals surface area contributed by atoms with Crippen LogP contribution in [0, 0.1) is 0 Å². The summed E-state index contributed by atoms with van der Waals surface area (Å²) in [7, 11) is 7.44. The first-order valence-corrected chi connectivity index (χ1v) is 9.17. The van der Waals surface area contributed by atoms with Gasteiger partial charge in [0.15, 0.2) is 0 Å². The van der Waals surface area contributed by atoms with E-state index in [0.29, 0.717) is 10.0 Å². The molecule has 2 radical (unpaired) electrons. The highest BCUT2D eigenvalue weighted by Crippen LogP contribution is 2.38. The minimum atomic E-state index is 0.562. The minimum absolute atomic E-state index is 0.562. The largest absolute Gasteiger partial charge is 0.275 e. The maximum Gasteiger partial charge on any atom is 0.113 e. The topological polar surface area (TPSA) is 4.93 Å². The third-order valence-electron chi connectivity index (χ3n) is 2.86. The average Bonchev–Trinajstić information content (AvgIpc) is 2.62. The third kappa shape index (κ3) is 1.94. The first-order chi connectivity index (χ1) is 8.61. The maximum atomic E-state index is 6.10. The molecule has 0 fully saturated rings. The van der Waals surface area contributed by atoms with Gasteiger partial charge in [-0.2, -0.15) is 0 Å². The second-order valence-electron chi connectivity index (χ2n) is 3.92. The Balaban J connectivity index is 2.57. The van der Waals surface area contributed by atoms with E-state index in [4.69, 9.17) is 31.0 Å². The van der Waals surface area contributed by atoms with Crippen molar-refractivity contribution in [3.05, 3.63) is 40.4 Å². The molecule has 0 atom stereocenters. The Morgan fingerprint density at radius 1 is 1.00 bits per heavy atom. The van der Waals surface area contributed by atoms with Crippen LogP contribution >= 0.6 is 53.5 Å². The molecule has 0 N–H and O–H groups in total. The number of benzene rings is 2. The van der Waals surface area contributed by atoms with Gasteiger partial charge < -0.3 is 0 Å². The molecule has 0 amide bonds. The van der Waals surface area contributed by atoms with Crippen molar-refractivity contribution in [2.24, 2.45) is 0 Å². The first-order valence-electron chi connectivity index (χ1n) is 5.09. The Morgan fingerprint density at radius 2 is 1.67 bits per heavy atom. The molecule has 1 heterocycles. The summed E-state index contributed by atoms with van der Waals surface area (Å²) in [5, 5.41) is 3.34. The van der Waals surface area contributed by atoms with Crippen LogP contribution in [0.4, 0.5) is 0 Å². The van der Waals surface area contributed by atoms with Gasteiger partial charge >= 0.3 is 0 Å². The number of aromatic nitrogens is 1. The third-order valence-corrected chi connectivity index (χ3v) is 5.29. The Morgan fingerprint density at radius 3 is 2.39 bits per heavy atom.